The molecule has 138 valence electrons. The zero-order valence-electron chi connectivity index (χ0n) is 14.7. The van der Waals surface area contributed by atoms with Crippen LogP contribution in [0.2, 0.25) is 5.02 Å². The maximum absolute atomic E-state index is 12.2. The van der Waals surface area contributed by atoms with Gasteiger partial charge in [0.25, 0.3) is 5.91 Å². The molecule has 2 aromatic heterocycles. The Labute approximate surface area is 155 Å². The molecule has 1 aromatic carbocycles. The zero-order valence-corrected chi connectivity index (χ0v) is 15.5. The Hall–Kier alpha value is -2.51. The molecule has 0 aliphatic heterocycles. The number of benzene rings is 1. The molecule has 26 heavy (non-hydrogen) atoms. The van der Waals surface area contributed by atoms with Crippen molar-refractivity contribution in [1.29, 1.82) is 0 Å². The Morgan fingerprint density at radius 1 is 1.38 bits per heavy atom. The number of aromatic nitrogens is 2. The lowest BCUT2D eigenvalue weighted by Gasteiger charge is -2.12. The highest BCUT2D eigenvalue weighted by atomic mass is 35.5. The topological polar surface area (TPSA) is 91.7 Å². The van der Waals surface area contributed by atoms with Gasteiger partial charge in [0.2, 0.25) is 5.88 Å². The molecule has 0 atom stereocenters. The van der Waals surface area contributed by atoms with Crippen LogP contribution >= 0.6 is 11.6 Å². The molecule has 0 aliphatic carbocycles. The Morgan fingerprint density at radius 2 is 2.12 bits per heavy atom. The molecule has 7 nitrogen and oxygen atoms in total. The Balaban J connectivity index is 2.00. The van der Waals surface area contributed by atoms with Gasteiger partial charge in [-0.3, -0.25) is 4.79 Å². The number of carbonyl (C=O) groups excluding carboxylic acids is 1. The number of hydrogen-bond donors (Lipinski definition) is 2. The molecule has 0 fully saturated rings. The fourth-order valence-electron chi connectivity index (χ4n) is 2.80. The van der Waals surface area contributed by atoms with Crippen LogP contribution in [-0.2, 0) is 0 Å². The molecule has 0 bridgehead atoms. The van der Waals surface area contributed by atoms with Gasteiger partial charge < -0.3 is 24.2 Å². The molecular weight excluding hydrogens is 358 g/mol. The van der Waals surface area contributed by atoms with Crippen LogP contribution < -0.4 is 0 Å². The minimum absolute atomic E-state index is 0.0819. The van der Waals surface area contributed by atoms with Gasteiger partial charge >= 0.3 is 0 Å². The minimum Gasteiger partial charge on any atom is -0.494 e. The quantitative estimate of drug-likeness (QED) is 0.711. The molecule has 1 amide bonds. The van der Waals surface area contributed by atoms with Crippen molar-refractivity contribution in [3.63, 3.8) is 0 Å². The number of likely N-dealkylation sites (N-methyl/N-ethyl adjacent to an activating group) is 1. The van der Waals surface area contributed by atoms with E-state index >= 15 is 0 Å². The van der Waals surface area contributed by atoms with Gasteiger partial charge in [0.15, 0.2) is 11.5 Å². The molecule has 0 radical (unpaired) electrons. The molecule has 3 rings (SSSR count). The van der Waals surface area contributed by atoms with Gasteiger partial charge in [-0.05, 0) is 26.0 Å². The van der Waals surface area contributed by atoms with Crippen LogP contribution in [0.1, 0.15) is 30.4 Å². The van der Waals surface area contributed by atoms with Crippen molar-refractivity contribution in [3.8, 4) is 17.2 Å². The van der Waals surface area contributed by atoms with E-state index in [0.29, 0.717) is 21.7 Å². The summed E-state index contributed by atoms with van der Waals surface area (Å²) < 4.78 is 7.04. The zero-order chi connectivity index (χ0) is 19.0. The number of hydrogen-bond acceptors (Lipinski definition) is 5. The van der Waals surface area contributed by atoms with E-state index in [-0.39, 0.29) is 36.7 Å². The van der Waals surface area contributed by atoms with E-state index in [1.54, 1.807) is 17.7 Å². The molecule has 8 heteroatoms. The summed E-state index contributed by atoms with van der Waals surface area (Å²) in [7, 11) is 1.58. The first kappa shape index (κ1) is 18.3. The third-order valence-corrected chi connectivity index (χ3v) is 4.52. The Kier molecular flexibility index (Phi) is 4.93. The molecule has 2 heterocycles. The second kappa shape index (κ2) is 7.01. The summed E-state index contributed by atoms with van der Waals surface area (Å²) in [4.78, 5) is 13.6. The highest BCUT2D eigenvalue weighted by Crippen LogP contribution is 2.38. The molecular formula is C18H20ClN3O4. The number of aromatic hydroxyl groups is 1. The van der Waals surface area contributed by atoms with E-state index in [1.807, 2.05) is 26.1 Å². The van der Waals surface area contributed by atoms with Crippen molar-refractivity contribution in [2.75, 3.05) is 20.2 Å². The van der Waals surface area contributed by atoms with E-state index < -0.39 is 0 Å². The van der Waals surface area contributed by atoms with Crippen molar-refractivity contribution >= 4 is 28.3 Å². The van der Waals surface area contributed by atoms with Crippen LogP contribution in [0.5, 0.6) is 5.88 Å². The fourth-order valence-corrected chi connectivity index (χ4v) is 3.11. The summed E-state index contributed by atoms with van der Waals surface area (Å²) in [5.74, 6) is 0.168. The van der Waals surface area contributed by atoms with Crippen LogP contribution in [-0.4, -0.2) is 50.9 Å². The van der Waals surface area contributed by atoms with Gasteiger partial charge in [-0.2, -0.15) is 0 Å². The highest BCUT2D eigenvalue weighted by molar-refractivity contribution is 6.36. The van der Waals surface area contributed by atoms with Crippen molar-refractivity contribution < 1.29 is 19.5 Å². The lowest BCUT2D eigenvalue weighted by Crippen LogP contribution is -2.29. The summed E-state index contributed by atoms with van der Waals surface area (Å²) >= 11 is 6.36. The SMILES string of the molecule is CC(C)n1cc2cc(-c3cc(C(=O)N(C)CCO)no3)cc(Cl)c2c1O. The molecule has 0 saturated carbocycles. The Bertz CT molecular complexity index is 961. The van der Waals surface area contributed by atoms with Crippen LogP contribution in [0.15, 0.2) is 28.9 Å². The van der Waals surface area contributed by atoms with Gasteiger partial charge in [-0.1, -0.05) is 16.8 Å². The first-order valence-electron chi connectivity index (χ1n) is 8.20. The van der Waals surface area contributed by atoms with Crippen LogP contribution in [0.3, 0.4) is 0 Å². The van der Waals surface area contributed by atoms with Crippen LogP contribution in [0, 0.1) is 0 Å². The highest BCUT2D eigenvalue weighted by Gasteiger charge is 2.20. The first-order chi connectivity index (χ1) is 12.3. The third kappa shape index (κ3) is 3.15. The van der Waals surface area contributed by atoms with E-state index in [0.717, 1.165) is 5.39 Å². The largest absolute Gasteiger partial charge is 0.494 e. The van der Waals surface area contributed by atoms with Gasteiger partial charge in [0.05, 0.1) is 17.0 Å². The normalized spacial score (nSPS) is 11.5. The van der Waals surface area contributed by atoms with Crippen LogP contribution in [0.4, 0.5) is 0 Å². The van der Waals surface area contributed by atoms with E-state index in [1.165, 1.54) is 11.0 Å². The molecule has 2 N–H and O–H groups in total. The standard InChI is InChI=1S/C18H20ClN3O4/c1-10(2)22-9-12-6-11(7-13(19)16(12)18(22)25)15-8-14(20-26-15)17(24)21(3)4-5-23/h6-10,23,25H,4-5H2,1-3H3. The summed E-state index contributed by atoms with van der Waals surface area (Å²) in [6, 6.07) is 5.11. The number of aliphatic hydroxyl groups excluding tert-OH is 1. The number of amides is 1. The van der Waals surface area contributed by atoms with Crippen molar-refractivity contribution in [1.82, 2.24) is 14.6 Å². The molecule has 0 aliphatic rings. The second-order valence-electron chi connectivity index (χ2n) is 6.40. The fraction of sp³-hybridized carbons (Fsp3) is 0.333. The smallest absolute Gasteiger partial charge is 0.275 e. The molecule has 3 aromatic rings. The minimum atomic E-state index is -0.343. The third-order valence-electron chi connectivity index (χ3n) is 4.22. The van der Waals surface area contributed by atoms with Crippen molar-refractivity contribution in [3.05, 3.63) is 35.1 Å². The van der Waals surface area contributed by atoms with Gasteiger partial charge in [0, 0.05) is 42.8 Å². The summed E-state index contributed by atoms with van der Waals surface area (Å²) in [6.07, 6.45) is 1.82. The molecule has 0 saturated heterocycles. The second-order valence-corrected chi connectivity index (χ2v) is 6.81. The predicted octanol–water partition coefficient (Wildman–Crippen LogP) is 3.30. The Morgan fingerprint density at radius 3 is 2.77 bits per heavy atom. The molecule has 0 spiro atoms. The number of fused-ring (bicyclic) bond motifs is 1. The van der Waals surface area contributed by atoms with E-state index in [9.17, 15) is 9.90 Å². The van der Waals surface area contributed by atoms with Gasteiger partial charge in [0.1, 0.15) is 0 Å². The number of carbonyl (C=O) groups is 1. The van der Waals surface area contributed by atoms with Gasteiger partial charge in [-0.25, -0.2) is 0 Å². The lowest BCUT2D eigenvalue weighted by atomic mass is 10.1. The summed E-state index contributed by atoms with van der Waals surface area (Å²) in [5, 5.41) is 24.8. The van der Waals surface area contributed by atoms with Crippen LogP contribution in [0.25, 0.3) is 22.1 Å². The first-order valence-corrected chi connectivity index (χ1v) is 8.57. The molecule has 0 unspecified atom stereocenters. The van der Waals surface area contributed by atoms with E-state index in [4.69, 9.17) is 21.2 Å². The maximum Gasteiger partial charge on any atom is 0.275 e. The average molecular weight is 378 g/mol. The number of nitrogens with zero attached hydrogens (tertiary/aromatic N) is 3. The van der Waals surface area contributed by atoms with Crippen molar-refractivity contribution in [2.45, 2.75) is 19.9 Å². The predicted molar refractivity (Wildman–Crippen MR) is 98.5 cm³/mol. The summed E-state index contributed by atoms with van der Waals surface area (Å²) in [5.41, 5.74) is 0.800. The van der Waals surface area contributed by atoms with Crippen molar-refractivity contribution in [2.24, 2.45) is 0 Å². The maximum atomic E-state index is 12.2. The number of rotatable bonds is 5. The van der Waals surface area contributed by atoms with Gasteiger partial charge in [-0.15, -0.1) is 0 Å². The average Bonchev–Trinajstić information content (AvgIpc) is 3.19. The lowest BCUT2D eigenvalue weighted by molar-refractivity contribution is 0.0757. The number of halogens is 1. The van der Waals surface area contributed by atoms with E-state index in [2.05, 4.69) is 5.16 Å². The monoisotopic (exact) mass is 377 g/mol. The number of aliphatic hydroxyl groups is 1. The summed E-state index contributed by atoms with van der Waals surface area (Å²) in [6.45, 7) is 4.01.